The van der Waals surface area contributed by atoms with Gasteiger partial charge in [0.15, 0.2) is 0 Å². The molecule has 5 heteroatoms. The zero-order chi connectivity index (χ0) is 15.4. The van der Waals surface area contributed by atoms with Gasteiger partial charge in [-0.3, -0.25) is 4.90 Å². The van der Waals surface area contributed by atoms with Crippen molar-refractivity contribution in [3.8, 4) is 0 Å². The molecule has 1 N–H and O–H groups in total. The van der Waals surface area contributed by atoms with Gasteiger partial charge in [-0.15, -0.1) is 0 Å². The topological polar surface area (TPSA) is 15.3 Å². The summed E-state index contributed by atoms with van der Waals surface area (Å²) in [4.78, 5) is 2.21. The van der Waals surface area contributed by atoms with Crippen LogP contribution >= 0.6 is 15.9 Å². The predicted molar refractivity (Wildman–Crippen MR) is 85.3 cm³/mol. The van der Waals surface area contributed by atoms with Gasteiger partial charge in [-0.25, -0.2) is 8.78 Å². The van der Waals surface area contributed by atoms with Crippen molar-refractivity contribution in [2.24, 2.45) is 5.92 Å². The molecule has 1 fully saturated rings. The first-order chi connectivity index (χ1) is 10.1. The predicted octanol–water partition coefficient (Wildman–Crippen LogP) is 4.11. The molecule has 1 saturated heterocycles. The lowest BCUT2D eigenvalue weighted by Crippen LogP contribution is -2.47. The molecule has 21 heavy (non-hydrogen) atoms. The maximum absolute atomic E-state index is 14.5. The fraction of sp³-hybridized carbons (Fsp3) is 0.625. The first kappa shape index (κ1) is 16.8. The van der Waals surface area contributed by atoms with E-state index in [0.717, 1.165) is 39.0 Å². The monoisotopic (exact) mass is 360 g/mol. The fourth-order valence-corrected chi connectivity index (χ4v) is 3.56. The lowest BCUT2D eigenvalue weighted by atomic mass is 9.88. The molecule has 0 amide bonds. The van der Waals surface area contributed by atoms with E-state index < -0.39 is 11.6 Å². The molecule has 0 bridgehead atoms. The number of nitrogens with zero attached hydrogens (tertiary/aromatic N) is 1. The van der Waals surface area contributed by atoms with E-state index >= 15 is 0 Å². The van der Waals surface area contributed by atoms with E-state index in [0.29, 0.717) is 4.47 Å². The number of halogens is 3. The van der Waals surface area contributed by atoms with Gasteiger partial charge < -0.3 is 5.32 Å². The Hall–Kier alpha value is -0.520. The molecule has 2 atom stereocenters. The minimum absolute atomic E-state index is 0.204. The van der Waals surface area contributed by atoms with E-state index in [1.54, 1.807) is 0 Å². The summed E-state index contributed by atoms with van der Waals surface area (Å²) >= 11 is 3.19. The Labute approximate surface area is 134 Å². The van der Waals surface area contributed by atoms with E-state index in [1.165, 1.54) is 12.1 Å². The van der Waals surface area contributed by atoms with Gasteiger partial charge in [0, 0.05) is 37.8 Å². The lowest BCUT2D eigenvalue weighted by Gasteiger charge is -2.39. The summed E-state index contributed by atoms with van der Waals surface area (Å²) in [5, 5.41) is 3.29. The number of piperazine rings is 1. The SMILES string of the molecule is CCCC(C)[C@@H](c1c(F)ccc(Br)c1F)N1CCNCC1. The van der Waals surface area contributed by atoms with Crippen LogP contribution in [-0.2, 0) is 0 Å². The first-order valence-electron chi connectivity index (χ1n) is 7.64. The van der Waals surface area contributed by atoms with Crippen LogP contribution in [0, 0.1) is 17.6 Å². The maximum atomic E-state index is 14.5. The molecule has 0 saturated carbocycles. The van der Waals surface area contributed by atoms with E-state index in [2.05, 4.69) is 40.0 Å². The molecule has 0 aliphatic carbocycles. The molecule has 0 aromatic heterocycles. The standard InChI is InChI=1S/C16H23BrF2N2/c1-3-4-11(2)16(21-9-7-20-8-10-21)14-13(18)6-5-12(17)15(14)19/h5-6,11,16,20H,3-4,7-10H2,1-2H3/t11?,16-/m0/s1. The summed E-state index contributed by atoms with van der Waals surface area (Å²) in [5.74, 6) is -0.685. The molecule has 1 aliphatic rings. The minimum atomic E-state index is -0.457. The van der Waals surface area contributed by atoms with Crippen LogP contribution in [0.4, 0.5) is 8.78 Å². The second kappa shape index (κ2) is 7.65. The highest BCUT2D eigenvalue weighted by atomic mass is 79.9. The van der Waals surface area contributed by atoms with Crippen LogP contribution in [0.25, 0.3) is 0 Å². The van der Waals surface area contributed by atoms with Gasteiger partial charge in [0.25, 0.3) is 0 Å². The van der Waals surface area contributed by atoms with Gasteiger partial charge in [0.2, 0.25) is 0 Å². The molecule has 1 aliphatic heterocycles. The molecule has 118 valence electrons. The molecule has 1 heterocycles. The Morgan fingerprint density at radius 3 is 2.57 bits per heavy atom. The van der Waals surface area contributed by atoms with Crippen molar-refractivity contribution in [3.63, 3.8) is 0 Å². The maximum Gasteiger partial charge on any atom is 0.145 e. The summed E-state index contributed by atoms with van der Waals surface area (Å²) in [7, 11) is 0. The summed E-state index contributed by atoms with van der Waals surface area (Å²) in [6.07, 6.45) is 1.97. The van der Waals surface area contributed by atoms with E-state index in [1.807, 2.05) is 0 Å². The Morgan fingerprint density at radius 1 is 1.29 bits per heavy atom. The average molecular weight is 361 g/mol. The normalized spacial score (nSPS) is 19.5. The highest BCUT2D eigenvalue weighted by Gasteiger charge is 2.32. The Morgan fingerprint density at radius 2 is 1.95 bits per heavy atom. The molecule has 2 rings (SSSR count). The zero-order valence-electron chi connectivity index (χ0n) is 12.6. The van der Waals surface area contributed by atoms with Crippen molar-refractivity contribution in [3.05, 3.63) is 33.8 Å². The third kappa shape index (κ3) is 3.82. The highest BCUT2D eigenvalue weighted by Crippen LogP contribution is 2.37. The van der Waals surface area contributed by atoms with E-state index in [-0.39, 0.29) is 17.5 Å². The Balaban J connectivity index is 2.41. The van der Waals surface area contributed by atoms with Crippen molar-refractivity contribution in [1.82, 2.24) is 10.2 Å². The van der Waals surface area contributed by atoms with Crippen molar-refractivity contribution in [2.45, 2.75) is 32.7 Å². The fourth-order valence-electron chi connectivity index (χ4n) is 3.21. The highest BCUT2D eigenvalue weighted by molar-refractivity contribution is 9.10. The summed E-state index contributed by atoms with van der Waals surface area (Å²) in [5.41, 5.74) is 0.215. The summed E-state index contributed by atoms with van der Waals surface area (Å²) in [6.45, 7) is 7.59. The van der Waals surface area contributed by atoms with Crippen molar-refractivity contribution >= 4 is 15.9 Å². The van der Waals surface area contributed by atoms with Gasteiger partial charge >= 0.3 is 0 Å². The third-order valence-electron chi connectivity index (χ3n) is 4.20. The van der Waals surface area contributed by atoms with Crippen molar-refractivity contribution in [2.75, 3.05) is 26.2 Å². The van der Waals surface area contributed by atoms with Crippen LogP contribution in [0.15, 0.2) is 16.6 Å². The quantitative estimate of drug-likeness (QED) is 0.794. The second-order valence-electron chi connectivity index (χ2n) is 5.75. The van der Waals surface area contributed by atoms with Crippen molar-refractivity contribution in [1.29, 1.82) is 0 Å². The molecule has 0 spiro atoms. The van der Waals surface area contributed by atoms with Gasteiger partial charge in [-0.05, 0) is 40.4 Å². The molecule has 0 radical (unpaired) electrons. The summed E-state index contributed by atoms with van der Waals surface area (Å²) in [6, 6.07) is 2.59. The van der Waals surface area contributed by atoms with E-state index in [9.17, 15) is 8.78 Å². The molecule has 1 unspecified atom stereocenters. The van der Waals surface area contributed by atoms with Crippen LogP contribution in [0.1, 0.15) is 38.3 Å². The van der Waals surface area contributed by atoms with Crippen molar-refractivity contribution < 1.29 is 8.78 Å². The minimum Gasteiger partial charge on any atom is -0.314 e. The van der Waals surface area contributed by atoms with Crippen LogP contribution in [-0.4, -0.2) is 31.1 Å². The van der Waals surface area contributed by atoms with E-state index in [4.69, 9.17) is 0 Å². The smallest absolute Gasteiger partial charge is 0.145 e. The molecule has 1 aromatic rings. The second-order valence-corrected chi connectivity index (χ2v) is 6.61. The summed E-state index contributed by atoms with van der Waals surface area (Å²) < 4.78 is 29.2. The molecule has 2 nitrogen and oxygen atoms in total. The zero-order valence-corrected chi connectivity index (χ0v) is 14.2. The van der Waals surface area contributed by atoms with Crippen LogP contribution in [0.3, 0.4) is 0 Å². The first-order valence-corrected chi connectivity index (χ1v) is 8.43. The largest absolute Gasteiger partial charge is 0.314 e. The van der Waals surface area contributed by atoms with Crippen LogP contribution in [0.2, 0.25) is 0 Å². The van der Waals surface area contributed by atoms with Crippen LogP contribution in [0.5, 0.6) is 0 Å². The Kier molecular flexibility index (Phi) is 6.14. The number of hydrogen-bond acceptors (Lipinski definition) is 2. The molecular weight excluding hydrogens is 338 g/mol. The third-order valence-corrected chi connectivity index (χ3v) is 4.82. The number of rotatable bonds is 5. The van der Waals surface area contributed by atoms with Gasteiger partial charge in [0.1, 0.15) is 11.6 Å². The number of benzene rings is 1. The molecular formula is C16H23BrF2N2. The average Bonchev–Trinajstić information content (AvgIpc) is 2.48. The van der Waals surface area contributed by atoms with Crippen LogP contribution < -0.4 is 5.32 Å². The number of nitrogens with one attached hydrogen (secondary N) is 1. The Bertz CT molecular complexity index is 476. The number of hydrogen-bond donors (Lipinski definition) is 1. The lowest BCUT2D eigenvalue weighted by molar-refractivity contribution is 0.119. The van der Waals surface area contributed by atoms with Gasteiger partial charge in [-0.1, -0.05) is 20.3 Å². The molecule has 1 aromatic carbocycles. The van der Waals surface area contributed by atoms with Gasteiger partial charge in [-0.2, -0.15) is 0 Å². The van der Waals surface area contributed by atoms with Gasteiger partial charge in [0.05, 0.1) is 4.47 Å².